The first-order chi connectivity index (χ1) is 14.6. The number of rotatable bonds is 7. The number of hydrogen-bond donors (Lipinski definition) is 1. The molecule has 0 amide bonds. The Hall–Kier alpha value is -1.24. The van der Waals surface area contributed by atoms with Gasteiger partial charge in [-0.3, -0.25) is 9.89 Å². The fourth-order valence-corrected chi connectivity index (χ4v) is 7.49. The maximum absolute atomic E-state index is 11.8. The molecule has 5 nitrogen and oxygen atoms in total. The molecule has 5 heterocycles. The van der Waals surface area contributed by atoms with Gasteiger partial charge >= 0.3 is 0 Å². The zero-order chi connectivity index (χ0) is 20.7. The van der Waals surface area contributed by atoms with Gasteiger partial charge in [0.05, 0.1) is 17.9 Å². The summed E-state index contributed by atoms with van der Waals surface area (Å²) >= 11 is 1.75. The van der Waals surface area contributed by atoms with Crippen LogP contribution in [0.25, 0.3) is 0 Å². The molecule has 0 aliphatic carbocycles. The van der Waals surface area contributed by atoms with Gasteiger partial charge in [0, 0.05) is 31.1 Å². The summed E-state index contributed by atoms with van der Waals surface area (Å²) < 4.78 is 0. The Bertz CT molecular complexity index is 764. The average Bonchev–Trinajstić information content (AvgIpc) is 3.41. The Balaban J connectivity index is 1.23. The molecule has 0 saturated carbocycles. The van der Waals surface area contributed by atoms with E-state index >= 15 is 0 Å². The van der Waals surface area contributed by atoms with Crippen molar-refractivity contribution >= 4 is 23.0 Å². The Morgan fingerprint density at radius 3 is 2.77 bits per heavy atom. The lowest BCUT2D eigenvalue weighted by molar-refractivity contribution is -0.117. The van der Waals surface area contributed by atoms with Gasteiger partial charge in [-0.25, -0.2) is 0 Å². The molecule has 2 bridgehead atoms. The van der Waals surface area contributed by atoms with Gasteiger partial charge < -0.3 is 15.0 Å². The fourth-order valence-electron chi connectivity index (χ4n) is 6.75. The molecule has 3 saturated heterocycles. The van der Waals surface area contributed by atoms with E-state index in [0.717, 1.165) is 26.1 Å². The van der Waals surface area contributed by atoms with Crippen molar-refractivity contribution in [3.05, 3.63) is 22.4 Å². The maximum Gasteiger partial charge on any atom is 0.130 e. The fraction of sp³-hybridized carbons (Fsp3) is 0.750. The Kier molecular flexibility index (Phi) is 6.00. The van der Waals surface area contributed by atoms with Crippen LogP contribution in [0.15, 0.2) is 21.8 Å². The summed E-state index contributed by atoms with van der Waals surface area (Å²) in [7, 11) is 0. The molecule has 1 aromatic rings. The van der Waals surface area contributed by atoms with Gasteiger partial charge in [0.15, 0.2) is 0 Å². The van der Waals surface area contributed by atoms with Crippen molar-refractivity contribution in [1.82, 2.24) is 15.1 Å². The lowest BCUT2D eigenvalue weighted by atomic mass is 9.90. The van der Waals surface area contributed by atoms with E-state index in [-0.39, 0.29) is 0 Å². The molecule has 4 aliphatic heterocycles. The zero-order valence-electron chi connectivity index (χ0n) is 18.4. The highest BCUT2D eigenvalue weighted by Crippen LogP contribution is 2.41. The van der Waals surface area contributed by atoms with Gasteiger partial charge in [-0.05, 0) is 93.8 Å². The minimum absolute atomic E-state index is 0.313. The van der Waals surface area contributed by atoms with E-state index in [1.807, 2.05) is 0 Å². The standard InChI is InChI=1S/C24H36N4OS/c1-16(29)11-18(19-7-10-30-15-19)6-9-27-20-3-4-21(27)13-22(12-20)28-17(2)26-23-14-25-8-5-24(23)28/h7,10,15,18,20-25H,3-6,8-9,11-14H2,1-2H3/t18-,20?,21?,22?,23?,24?/m1/s1. The molecule has 5 atom stereocenters. The van der Waals surface area contributed by atoms with E-state index in [0.29, 0.717) is 48.3 Å². The number of aliphatic imine (C=N–C) groups is 1. The zero-order valence-corrected chi connectivity index (χ0v) is 19.2. The summed E-state index contributed by atoms with van der Waals surface area (Å²) in [5.41, 5.74) is 1.36. The maximum atomic E-state index is 11.8. The van der Waals surface area contributed by atoms with Crippen molar-refractivity contribution < 1.29 is 4.79 Å². The monoisotopic (exact) mass is 428 g/mol. The Morgan fingerprint density at radius 2 is 2.07 bits per heavy atom. The molecule has 30 heavy (non-hydrogen) atoms. The Labute approximate surface area is 184 Å². The highest BCUT2D eigenvalue weighted by atomic mass is 32.1. The van der Waals surface area contributed by atoms with Gasteiger partial charge in [-0.1, -0.05) is 0 Å². The van der Waals surface area contributed by atoms with Crippen LogP contribution in [0.1, 0.15) is 70.3 Å². The van der Waals surface area contributed by atoms with Crippen molar-refractivity contribution in [1.29, 1.82) is 0 Å². The minimum Gasteiger partial charge on any atom is -0.352 e. The van der Waals surface area contributed by atoms with Crippen LogP contribution >= 0.6 is 11.3 Å². The van der Waals surface area contributed by atoms with Gasteiger partial charge in [0.1, 0.15) is 5.78 Å². The Morgan fingerprint density at radius 1 is 1.27 bits per heavy atom. The summed E-state index contributed by atoms with van der Waals surface area (Å²) in [6.07, 6.45) is 8.28. The second-order valence-electron chi connectivity index (χ2n) is 9.91. The van der Waals surface area contributed by atoms with Crippen LogP contribution in [0.4, 0.5) is 0 Å². The molecule has 0 aromatic carbocycles. The quantitative estimate of drug-likeness (QED) is 0.720. The van der Waals surface area contributed by atoms with Crippen LogP contribution in [-0.4, -0.2) is 71.3 Å². The molecule has 4 aliphatic rings. The molecular formula is C24H36N4OS. The number of ketones is 1. The molecule has 1 aromatic heterocycles. The second kappa shape index (κ2) is 8.71. The SMILES string of the molecule is CC(=O)C[C@@H](CCN1C2CCC1CC(N1C(C)=NC3CNCCC31)C2)c1ccsc1. The van der Waals surface area contributed by atoms with Crippen LogP contribution in [0.3, 0.4) is 0 Å². The number of carbonyl (C=O) groups is 1. The molecule has 0 spiro atoms. The predicted molar refractivity (Wildman–Crippen MR) is 124 cm³/mol. The lowest BCUT2D eigenvalue weighted by Gasteiger charge is -2.46. The normalized spacial score (nSPS) is 34.7. The average molecular weight is 429 g/mol. The number of amidine groups is 1. The van der Waals surface area contributed by atoms with E-state index in [1.54, 1.807) is 18.3 Å². The van der Waals surface area contributed by atoms with Crippen molar-refractivity contribution in [2.45, 2.75) is 94.9 Å². The number of nitrogens with one attached hydrogen (secondary N) is 1. The van der Waals surface area contributed by atoms with Gasteiger partial charge in [0.25, 0.3) is 0 Å². The third kappa shape index (κ3) is 3.98. The number of nitrogens with zero attached hydrogens (tertiary/aromatic N) is 3. The van der Waals surface area contributed by atoms with Gasteiger partial charge in [-0.15, -0.1) is 0 Å². The third-order valence-corrected chi connectivity index (χ3v) is 8.74. The van der Waals surface area contributed by atoms with E-state index < -0.39 is 0 Å². The molecular weight excluding hydrogens is 392 g/mol. The highest BCUT2D eigenvalue weighted by Gasteiger charge is 2.46. The minimum atomic E-state index is 0.313. The molecule has 0 radical (unpaired) electrons. The lowest BCUT2D eigenvalue weighted by Crippen LogP contribution is -2.56. The first-order valence-corrected chi connectivity index (χ1v) is 12.8. The van der Waals surface area contributed by atoms with Crippen molar-refractivity contribution in [3.63, 3.8) is 0 Å². The van der Waals surface area contributed by atoms with Gasteiger partial charge in [-0.2, -0.15) is 11.3 Å². The predicted octanol–water partition coefficient (Wildman–Crippen LogP) is 3.66. The number of thiophene rings is 1. The first-order valence-electron chi connectivity index (χ1n) is 11.9. The molecule has 6 heteroatoms. The van der Waals surface area contributed by atoms with Crippen LogP contribution in [0, 0.1) is 0 Å². The number of Topliss-reactive ketones (excluding diaryl/α,β-unsaturated/α-hetero) is 1. The number of carbonyl (C=O) groups excluding carboxylic acids is 1. The molecule has 164 valence electrons. The van der Waals surface area contributed by atoms with Crippen molar-refractivity contribution in [2.75, 3.05) is 19.6 Å². The van der Waals surface area contributed by atoms with Crippen molar-refractivity contribution in [3.8, 4) is 0 Å². The topological polar surface area (TPSA) is 47.9 Å². The van der Waals surface area contributed by atoms with E-state index in [9.17, 15) is 4.79 Å². The van der Waals surface area contributed by atoms with Crippen LogP contribution in [-0.2, 0) is 4.79 Å². The van der Waals surface area contributed by atoms with Crippen LogP contribution < -0.4 is 5.32 Å². The first kappa shape index (κ1) is 20.7. The number of fused-ring (bicyclic) bond motifs is 3. The smallest absolute Gasteiger partial charge is 0.130 e. The highest BCUT2D eigenvalue weighted by molar-refractivity contribution is 7.08. The third-order valence-electron chi connectivity index (χ3n) is 8.04. The van der Waals surface area contributed by atoms with E-state index in [1.165, 1.54) is 43.5 Å². The summed E-state index contributed by atoms with van der Waals surface area (Å²) in [5, 5.41) is 7.90. The summed E-state index contributed by atoms with van der Waals surface area (Å²) in [6.45, 7) is 7.29. The van der Waals surface area contributed by atoms with E-state index in [4.69, 9.17) is 4.99 Å². The van der Waals surface area contributed by atoms with Crippen molar-refractivity contribution in [2.24, 2.45) is 4.99 Å². The largest absolute Gasteiger partial charge is 0.352 e. The van der Waals surface area contributed by atoms with Crippen LogP contribution in [0.2, 0.25) is 0 Å². The van der Waals surface area contributed by atoms with Crippen LogP contribution in [0.5, 0.6) is 0 Å². The second-order valence-corrected chi connectivity index (χ2v) is 10.7. The molecule has 1 N–H and O–H groups in total. The number of hydrogen-bond acceptors (Lipinski definition) is 6. The number of piperidine rings is 2. The van der Waals surface area contributed by atoms with E-state index in [2.05, 4.69) is 38.9 Å². The molecule has 3 fully saturated rings. The van der Waals surface area contributed by atoms with Gasteiger partial charge in [0.2, 0.25) is 0 Å². The summed E-state index contributed by atoms with van der Waals surface area (Å²) in [6, 6.07) is 5.39. The molecule has 5 rings (SSSR count). The summed E-state index contributed by atoms with van der Waals surface area (Å²) in [5.74, 6) is 1.98. The summed E-state index contributed by atoms with van der Waals surface area (Å²) in [4.78, 5) is 22.4. The molecule has 4 unspecified atom stereocenters.